The first-order valence-electron chi connectivity index (χ1n) is 4.75. The lowest BCUT2D eigenvalue weighted by atomic mass is 10.2. The molecule has 3 N–H and O–H groups in total. The summed E-state index contributed by atoms with van der Waals surface area (Å²) >= 11 is 0. The Morgan fingerprint density at radius 2 is 2.07 bits per heavy atom. The molecular weight excluding hydrogens is 200 g/mol. The molecule has 0 bridgehead atoms. The van der Waals surface area contributed by atoms with Crippen LogP contribution in [0.4, 0.5) is 0 Å². The molecule has 0 saturated carbocycles. The Labute approximate surface area is 85.8 Å². The number of rotatable bonds is 5. The van der Waals surface area contributed by atoms with Crippen LogP contribution in [-0.4, -0.2) is 26.1 Å². The molecule has 0 aliphatic rings. The number of aromatic amines is 1. The van der Waals surface area contributed by atoms with Gasteiger partial charge in [0.15, 0.2) is 6.29 Å². The Morgan fingerprint density at radius 1 is 1.33 bits per heavy atom. The molecule has 0 atom stereocenters. The predicted octanol–water partition coefficient (Wildman–Crippen LogP) is -0.982. The van der Waals surface area contributed by atoms with Crippen molar-refractivity contribution in [3.63, 3.8) is 0 Å². The third-order valence-electron chi connectivity index (χ3n) is 2.01. The van der Waals surface area contributed by atoms with Crippen LogP contribution >= 0.6 is 0 Å². The smallest absolute Gasteiger partial charge is 0.328 e. The minimum atomic E-state index is -1.29. The highest BCUT2D eigenvalue weighted by Crippen LogP contribution is 1.99. The van der Waals surface area contributed by atoms with Crippen LogP contribution in [0.3, 0.4) is 0 Å². The van der Waals surface area contributed by atoms with Crippen molar-refractivity contribution in [3.05, 3.63) is 33.1 Å². The number of hydrogen-bond acceptors (Lipinski definition) is 4. The average Bonchev–Trinajstić information content (AvgIpc) is 2.14. The molecule has 0 saturated heterocycles. The molecule has 1 rings (SSSR count). The molecule has 0 aromatic carbocycles. The Bertz CT molecular complexity index is 407. The highest BCUT2D eigenvalue weighted by Gasteiger charge is 1.99. The first-order valence-corrected chi connectivity index (χ1v) is 4.75. The summed E-state index contributed by atoms with van der Waals surface area (Å²) in [5.74, 6) is 0. The largest absolute Gasteiger partial charge is 0.368 e. The lowest BCUT2D eigenvalue weighted by Gasteiger charge is -2.05. The number of aliphatic hydroxyl groups excluding tert-OH is 1. The fraction of sp³-hybridized carbons (Fsp3) is 0.556. The van der Waals surface area contributed by atoms with E-state index in [1.54, 1.807) is 0 Å². The highest BCUT2D eigenvalue weighted by atomic mass is 16.5. The van der Waals surface area contributed by atoms with E-state index in [1.807, 2.05) is 0 Å². The van der Waals surface area contributed by atoms with Crippen molar-refractivity contribution in [1.29, 1.82) is 0 Å². The highest BCUT2D eigenvalue weighted by molar-refractivity contribution is 4.82. The first-order chi connectivity index (χ1) is 7.09. The molecule has 0 spiro atoms. The topological polar surface area (TPSA) is 95.3 Å². The summed E-state index contributed by atoms with van der Waals surface area (Å²) in [6.07, 6.45) is 1.69. The maximum Gasteiger partial charge on any atom is 0.328 e. The number of hydrogen-bond donors (Lipinski definition) is 3. The Balaban J connectivity index is 2.45. The maximum atomic E-state index is 11.2. The molecule has 0 aliphatic heterocycles. The van der Waals surface area contributed by atoms with Gasteiger partial charge in [-0.3, -0.25) is 9.78 Å². The minimum Gasteiger partial charge on any atom is -0.368 e. The monoisotopic (exact) mass is 214 g/mol. The lowest BCUT2D eigenvalue weighted by Crippen LogP contribution is -2.28. The van der Waals surface area contributed by atoms with Crippen molar-refractivity contribution in [2.24, 2.45) is 0 Å². The fourth-order valence-corrected chi connectivity index (χ4v) is 1.23. The van der Waals surface area contributed by atoms with E-state index in [-0.39, 0.29) is 6.42 Å². The van der Waals surface area contributed by atoms with Gasteiger partial charge < -0.3 is 14.8 Å². The first kappa shape index (κ1) is 11.7. The van der Waals surface area contributed by atoms with Crippen LogP contribution in [0.2, 0.25) is 0 Å². The Kier molecular flexibility index (Phi) is 4.26. The molecular formula is C9H14N2O4. The molecule has 1 aromatic heterocycles. The second-order valence-corrected chi connectivity index (χ2v) is 3.28. The number of nitrogens with one attached hydrogen (secondary N) is 1. The summed E-state index contributed by atoms with van der Waals surface area (Å²) in [4.78, 5) is 24.0. The number of unbranched alkanes of at least 4 members (excludes halogenated alkanes) is 1. The van der Waals surface area contributed by atoms with Crippen molar-refractivity contribution in [1.82, 2.24) is 9.55 Å². The van der Waals surface area contributed by atoms with E-state index >= 15 is 0 Å². The van der Waals surface area contributed by atoms with Gasteiger partial charge in [-0.2, -0.15) is 0 Å². The average molecular weight is 214 g/mol. The molecule has 0 fully saturated rings. The predicted molar refractivity (Wildman–Crippen MR) is 53.4 cm³/mol. The van der Waals surface area contributed by atoms with Gasteiger partial charge in [-0.05, 0) is 19.3 Å². The van der Waals surface area contributed by atoms with Gasteiger partial charge in [-0.25, -0.2) is 4.79 Å². The molecule has 6 nitrogen and oxygen atoms in total. The molecule has 1 aromatic rings. The van der Waals surface area contributed by atoms with Crippen LogP contribution in [0.15, 0.2) is 21.9 Å². The lowest BCUT2D eigenvalue weighted by molar-refractivity contribution is -0.0466. The molecule has 15 heavy (non-hydrogen) atoms. The molecule has 0 radical (unpaired) electrons. The van der Waals surface area contributed by atoms with Gasteiger partial charge in [0.05, 0.1) is 0 Å². The van der Waals surface area contributed by atoms with Gasteiger partial charge in [0.25, 0.3) is 5.56 Å². The van der Waals surface area contributed by atoms with E-state index < -0.39 is 17.5 Å². The van der Waals surface area contributed by atoms with Crippen LogP contribution < -0.4 is 11.2 Å². The summed E-state index contributed by atoms with van der Waals surface area (Å²) in [5.41, 5.74) is -0.853. The quantitative estimate of drug-likeness (QED) is 0.433. The summed E-state index contributed by atoms with van der Waals surface area (Å²) in [7, 11) is 0. The van der Waals surface area contributed by atoms with E-state index in [0.717, 1.165) is 0 Å². The molecule has 6 heteroatoms. The zero-order valence-electron chi connectivity index (χ0n) is 8.22. The fourth-order valence-electron chi connectivity index (χ4n) is 1.23. The van der Waals surface area contributed by atoms with Gasteiger partial charge in [-0.15, -0.1) is 0 Å². The third kappa shape index (κ3) is 4.09. The van der Waals surface area contributed by atoms with Gasteiger partial charge >= 0.3 is 5.69 Å². The molecule has 0 aliphatic carbocycles. The van der Waals surface area contributed by atoms with Gasteiger partial charge in [0.2, 0.25) is 0 Å². The molecule has 1 heterocycles. The number of nitrogens with zero attached hydrogens (tertiary/aromatic N) is 1. The maximum absolute atomic E-state index is 11.2. The zero-order valence-corrected chi connectivity index (χ0v) is 8.22. The van der Waals surface area contributed by atoms with Crippen LogP contribution in [0, 0.1) is 0 Å². The molecule has 0 unspecified atom stereocenters. The van der Waals surface area contributed by atoms with Crippen molar-refractivity contribution in [3.8, 4) is 0 Å². The van der Waals surface area contributed by atoms with Crippen molar-refractivity contribution < 1.29 is 10.2 Å². The molecule has 84 valence electrons. The second-order valence-electron chi connectivity index (χ2n) is 3.28. The number of H-pyrrole nitrogens is 1. The normalized spacial score (nSPS) is 10.9. The van der Waals surface area contributed by atoms with Gasteiger partial charge in [-0.1, -0.05) is 0 Å². The minimum absolute atomic E-state index is 0.290. The Morgan fingerprint density at radius 3 is 2.67 bits per heavy atom. The zero-order chi connectivity index (χ0) is 11.3. The Hall–Kier alpha value is -1.40. The third-order valence-corrected chi connectivity index (χ3v) is 2.01. The number of aryl methyl sites for hydroxylation is 1. The van der Waals surface area contributed by atoms with Crippen LogP contribution in [-0.2, 0) is 6.54 Å². The number of aromatic nitrogens is 2. The van der Waals surface area contributed by atoms with Crippen molar-refractivity contribution in [2.45, 2.75) is 32.1 Å². The van der Waals surface area contributed by atoms with E-state index in [9.17, 15) is 9.59 Å². The number of aliphatic hydroxyl groups is 2. The van der Waals surface area contributed by atoms with Crippen LogP contribution in [0.5, 0.6) is 0 Å². The summed E-state index contributed by atoms with van der Waals surface area (Å²) in [5, 5.41) is 17.2. The SMILES string of the molecule is O=c1ccn(CCCCC(O)O)c(=O)[nH]1. The standard InChI is InChI=1S/C9H14N2O4/c12-7-4-6-11(9(15)10-7)5-2-1-3-8(13)14/h4,6,8,13-14H,1-3,5H2,(H,10,12,15). The van der Waals surface area contributed by atoms with Gasteiger partial charge in [0, 0.05) is 18.8 Å². The van der Waals surface area contributed by atoms with E-state index in [4.69, 9.17) is 10.2 Å². The van der Waals surface area contributed by atoms with Crippen molar-refractivity contribution in [2.75, 3.05) is 0 Å². The summed E-state index contributed by atoms with van der Waals surface area (Å²) in [6.45, 7) is 0.461. The molecule has 0 amide bonds. The summed E-state index contributed by atoms with van der Waals surface area (Å²) < 4.78 is 1.38. The second kappa shape index (κ2) is 5.47. The van der Waals surface area contributed by atoms with Crippen molar-refractivity contribution >= 4 is 0 Å². The van der Waals surface area contributed by atoms with E-state index in [2.05, 4.69) is 4.98 Å². The van der Waals surface area contributed by atoms with E-state index in [1.165, 1.54) is 16.8 Å². The van der Waals surface area contributed by atoms with Crippen LogP contribution in [0.25, 0.3) is 0 Å². The summed E-state index contributed by atoms with van der Waals surface area (Å²) in [6, 6.07) is 1.28. The van der Waals surface area contributed by atoms with E-state index in [0.29, 0.717) is 19.4 Å². The van der Waals surface area contributed by atoms with Gasteiger partial charge in [0.1, 0.15) is 0 Å². The van der Waals surface area contributed by atoms with Crippen LogP contribution in [0.1, 0.15) is 19.3 Å².